The topological polar surface area (TPSA) is 70.5 Å². The number of aromatic nitrogens is 1. The number of pyridine rings is 1. The summed E-state index contributed by atoms with van der Waals surface area (Å²) < 4.78 is 11.0. The van der Waals surface area contributed by atoms with Crippen molar-refractivity contribution in [2.75, 3.05) is 36.5 Å². The molecule has 1 aromatic carbocycles. The summed E-state index contributed by atoms with van der Waals surface area (Å²) in [5.41, 5.74) is 4.43. The number of ether oxygens (including phenoxy) is 1. The largest absolute Gasteiger partial charge is 0.464 e. The van der Waals surface area contributed by atoms with Crippen molar-refractivity contribution >= 4 is 22.6 Å². The van der Waals surface area contributed by atoms with Crippen molar-refractivity contribution < 1.29 is 9.15 Å². The first-order valence-electron chi connectivity index (χ1n) is 9.98. The average Bonchev–Trinajstić information content (AvgIpc) is 3.30. The van der Waals surface area contributed by atoms with Gasteiger partial charge in [-0.3, -0.25) is 4.79 Å². The van der Waals surface area contributed by atoms with Gasteiger partial charge in [-0.15, -0.1) is 0 Å². The molecule has 0 unspecified atom stereocenters. The summed E-state index contributed by atoms with van der Waals surface area (Å²) in [6, 6.07) is 13.7. The van der Waals surface area contributed by atoms with E-state index < -0.39 is 0 Å². The fourth-order valence-electron chi connectivity index (χ4n) is 3.68. The molecule has 0 aliphatic carbocycles. The van der Waals surface area contributed by atoms with Gasteiger partial charge in [0.15, 0.2) is 0 Å². The lowest BCUT2D eigenvalue weighted by atomic mass is 9.97. The maximum atomic E-state index is 12.7. The predicted molar refractivity (Wildman–Crippen MR) is 121 cm³/mol. The summed E-state index contributed by atoms with van der Waals surface area (Å²) in [5, 5.41) is 3.28. The zero-order chi connectivity index (χ0) is 20.9. The Kier molecular flexibility index (Phi) is 5.86. The number of morpholine rings is 1. The molecule has 6 heteroatoms. The highest BCUT2D eigenvalue weighted by Gasteiger charge is 2.17. The van der Waals surface area contributed by atoms with Crippen LogP contribution in [-0.2, 0) is 4.74 Å². The fraction of sp³-hybridized carbons (Fsp3) is 0.208. The molecular weight excluding hydrogens is 378 g/mol. The highest BCUT2D eigenvalue weighted by molar-refractivity contribution is 5.87. The van der Waals surface area contributed by atoms with E-state index in [0.29, 0.717) is 17.0 Å². The van der Waals surface area contributed by atoms with Crippen LogP contribution in [0, 0.1) is 0 Å². The number of allylic oxidation sites excluding steroid dienone is 1. The summed E-state index contributed by atoms with van der Waals surface area (Å²) in [5.74, 6) is 0.701. The minimum atomic E-state index is -0.208. The Morgan fingerprint density at radius 3 is 2.60 bits per heavy atom. The molecule has 0 radical (unpaired) electrons. The van der Waals surface area contributed by atoms with E-state index in [0.717, 1.165) is 48.8 Å². The van der Waals surface area contributed by atoms with Crippen molar-refractivity contribution in [1.82, 2.24) is 4.98 Å². The van der Waals surface area contributed by atoms with Gasteiger partial charge in [-0.1, -0.05) is 12.7 Å². The van der Waals surface area contributed by atoms with E-state index in [-0.39, 0.29) is 5.56 Å². The smallest absolute Gasteiger partial charge is 0.257 e. The molecule has 3 aromatic rings. The SMILES string of the molecule is C=C(Nc1ccc(N2CCOCC2)cc1)c1c(/C(=C\C)c2ccco2)cc[nH]c1=O. The van der Waals surface area contributed by atoms with Crippen molar-refractivity contribution in [3.63, 3.8) is 0 Å². The van der Waals surface area contributed by atoms with Crippen LogP contribution in [0.2, 0.25) is 0 Å². The van der Waals surface area contributed by atoms with Crippen LogP contribution >= 0.6 is 0 Å². The second-order valence-electron chi connectivity index (χ2n) is 7.02. The number of nitrogens with one attached hydrogen (secondary N) is 2. The van der Waals surface area contributed by atoms with E-state index in [2.05, 4.69) is 33.9 Å². The maximum absolute atomic E-state index is 12.7. The molecule has 2 aromatic heterocycles. The molecule has 0 amide bonds. The molecule has 1 aliphatic rings. The second kappa shape index (κ2) is 8.88. The van der Waals surface area contributed by atoms with Gasteiger partial charge in [0.2, 0.25) is 0 Å². The summed E-state index contributed by atoms with van der Waals surface area (Å²) in [4.78, 5) is 17.7. The Labute approximate surface area is 175 Å². The summed E-state index contributed by atoms with van der Waals surface area (Å²) in [6.45, 7) is 9.33. The zero-order valence-corrected chi connectivity index (χ0v) is 17.0. The number of nitrogens with zero attached hydrogens (tertiary/aromatic N) is 1. The Balaban J connectivity index is 1.59. The lowest BCUT2D eigenvalue weighted by molar-refractivity contribution is 0.122. The van der Waals surface area contributed by atoms with E-state index >= 15 is 0 Å². The number of H-pyrrole nitrogens is 1. The Hall–Kier alpha value is -3.51. The Bertz CT molecular complexity index is 1090. The third kappa shape index (κ3) is 4.09. The van der Waals surface area contributed by atoms with Crippen molar-refractivity contribution in [2.24, 2.45) is 0 Å². The molecule has 0 atom stereocenters. The van der Waals surface area contributed by atoms with E-state index in [4.69, 9.17) is 9.15 Å². The molecule has 30 heavy (non-hydrogen) atoms. The van der Waals surface area contributed by atoms with Crippen LogP contribution in [-0.4, -0.2) is 31.3 Å². The van der Waals surface area contributed by atoms with E-state index in [1.54, 1.807) is 12.5 Å². The first-order chi connectivity index (χ1) is 14.7. The summed E-state index contributed by atoms with van der Waals surface area (Å²) in [7, 11) is 0. The van der Waals surface area contributed by atoms with E-state index in [1.165, 1.54) is 0 Å². The molecule has 6 nitrogen and oxygen atoms in total. The number of furan rings is 1. The molecule has 0 saturated carbocycles. The minimum absolute atomic E-state index is 0.208. The highest BCUT2D eigenvalue weighted by atomic mass is 16.5. The van der Waals surface area contributed by atoms with Gasteiger partial charge in [-0.05, 0) is 49.4 Å². The number of aromatic amines is 1. The summed E-state index contributed by atoms with van der Waals surface area (Å²) >= 11 is 0. The highest BCUT2D eigenvalue weighted by Crippen LogP contribution is 2.29. The number of anilines is 2. The second-order valence-corrected chi connectivity index (χ2v) is 7.02. The van der Waals surface area contributed by atoms with Crippen molar-refractivity contribution in [1.29, 1.82) is 0 Å². The number of hydrogen-bond acceptors (Lipinski definition) is 5. The third-order valence-corrected chi connectivity index (χ3v) is 5.17. The van der Waals surface area contributed by atoms with Gasteiger partial charge < -0.3 is 24.4 Å². The molecular formula is C24H25N3O3. The zero-order valence-electron chi connectivity index (χ0n) is 17.0. The summed E-state index contributed by atoms with van der Waals surface area (Å²) in [6.07, 6.45) is 5.19. The molecule has 2 N–H and O–H groups in total. The van der Waals surface area contributed by atoms with Gasteiger partial charge in [-0.25, -0.2) is 0 Å². The van der Waals surface area contributed by atoms with Gasteiger partial charge in [0.1, 0.15) is 5.76 Å². The van der Waals surface area contributed by atoms with Gasteiger partial charge in [0, 0.05) is 47.5 Å². The predicted octanol–water partition coefficient (Wildman–Crippen LogP) is 4.34. The van der Waals surface area contributed by atoms with Crippen molar-refractivity contribution in [2.45, 2.75) is 6.92 Å². The average molecular weight is 403 g/mol. The number of hydrogen-bond donors (Lipinski definition) is 2. The maximum Gasteiger partial charge on any atom is 0.257 e. The first kappa shape index (κ1) is 19.8. The molecule has 1 fully saturated rings. The minimum Gasteiger partial charge on any atom is -0.464 e. The lowest BCUT2D eigenvalue weighted by Crippen LogP contribution is -2.36. The molecule has 3 heterocycles. The van der Waals surface area contributed by atoms with Gasteiger partial charge in [-0.2, -0.15) is 0 Å². The molecule has 0 spiro atoms. The van der Waals surface area contributed by atoms with Crippen molar-refractivity contribution in [3.8, 4) is 0 Å². The van der Waals surface area contributed by atoms with E-state index in [9.17, 15) is 4.79 Å². The van der Waals surface area contributed by atoms with Crippen LogP contribution in [0.15, 0.2) is 76.8 Å². The molecule has 4 rings (SSSR count). The van der Waals surface area contributed by atoms with Crippen LogP contribution in [0.1, 0.15) is 23.8 Å². The number of rotatable bonds is 6. The van der Waals surface area contributed by atoms with Crippen molar-refractivity contribution in [3.05, 3.63) is 94.8 Å². The Morgan fingerprint density at radius 2 is 1.93 bits per heavy atom. The normalized spacial score (nSPS) is 14.6. The monoisotopic (exact) mass is 403 g/mol. The first-order valence-corrected chi connectivity index (χ1v) is 9.98. The van der Waals surface area contributed by atoms with Crippen LogP contribution in [0.25, 0.3) is 11.3 Å². The van der Waals surface area contributed by atoms with Crippen LogP contribution in [0.3, 0.4) is 0 Å². The van der Waals surface area contributed by atoms with Crippen LogP contribution in [0.5, 0.6) is 0 Å². The number of benzene rings is 1. The van der Waals surface area contributed by atoms with Crippen LogP contribution in [0.4, 0.5) is 11.4 Å². The molecule has 0 bridgehead atoms. The van der Waals surface area contributed by atoms with Gasteiger partial charge in [0.25, 0.3) is 5.56 Å². The lowest BCUT2D eigenvalue weighted by Gasteiger charge is -2.29. The quantitative estimate of drug-likeness (QED) is 0.641. The van der Waals surface area contributed by atoms with Gasteiger partial charge >= 0.3 is 0 Å². The van der Waals surface area contributed by atoms with E-state index in [1.807, 2.05) is 43.3 Å². The van der Waals surface area contributed by atoms with Gasteiger partial charge in [0.05, 0.1) is 25.0 Å². The fourth-order valence-corrected chi connectivity index (χ4v) is 3.68. The van der Waals surface area contributed by atoms with Crippen LogP contribution < -0.4 is 15.8 Å². The molecule has 1 aliphatic heterocycles. The Morgan fingerprint density at radius 1 is 1.17 bits per heavy atom. The third-order valence-electron chi connectivity index (χ3n) is 5.17. The molecule has 1 saturated heterocycles. The standard InChI is InChI=1S/C24H25N3O3/c1-3-20(22-5-4-14-30-22)21-10-11-25-24(28)23(21)17(2)26-18-6-8-19(9-7-18)27-12-15-29-16-13-27/h3-11,14,26H,2,12-13,15-16H2,1H3,(H,25,28)/b20-3+. The molecule has 154 valence electrons.